The van der Waals surface area contributed by atoms with Gasteiger partial charge in [-0.05, 0) is 56.7 Å². The number of likely N-dealkylation sites (tertiary alicyclic amines) is 1. The Balaban J connectivity index is 2.00. The van der Waals surface area contributed by atoms with Crippen molar-refractivity contribution in [1.29, 1.82) is 0 Å². The van der Waals surface area contributed by atoms with Gasteiger partial charge in [-0.25, -0.2) is 4.79 Å². The van der Waals surface area contributed by atoms with Gasteiger partial charge in [-0.2, -0.15) is 0 Å². The van der Waals surface area contributed by atoms with Gasteiger partial charge in [0.1, 0.15) is 0 Å². The first-order valence-electron chi connectivity index (χ1n) is 9.80. The summed E-state index contributed by atoms with van der Waals surface area (Å²) in [4.78, 5) is 26.5. The second-order valence-electron chi connectivity index (χ2n) is 7.95. The molecule has 1 atom stereocenters. The van der Waals surface area contributed by atoms with Crippen LogP contribution in [0.5, 0.6) is 0 Å². The minimum atomic E-state index is -0.0160. The summed E-state index contributed by atoms with van der Waals surface area (Å²) in [5.74, 6) is 0.842. The number of carbonyl (C=O) groups excluding carboxylic acids is 2. The van der Waals surface area contributed by atoms with E-state index in [1.807, 2.05) is 36.9 Å². The van der Waals surface area contributed by atoms with Crippen molar-refractivity contribution in [3.05, 3.63) is 35.4 Å². The zero-order chi connectivity index (χ0) is 19.1. The third-order valence-electron chi connectivity index (χ3n) is 4.75. The minimum absolute atomic E-state index is 0.00674. The van der Waals surface area contributed by atoms with Gasteiger partial charge in [0.05, 0.1) is 0 Å². The van der Waals surface area contributed by atoms with Crippen LogP contribution in [0.2, 0.25) is 0 Å². The zero-order valence-corrected chi connectivity index (χ0v) is 16.5. The molecule has 26 heavy (non-hydrogen) atoms. The van der Waals surface area contributed by atoms with Crippen molar-refractivity contribution in [3.63, 3.8) is 0 Å². The van der Waals surface area contributed by atoms with Crippen LogP contribution in [0.1, 0.15) is 68.8 Å². The fraction of sp³-hybridized carbons (Fsp3) is 0.619. The molecule has 144 valence electrons. The third-order valence-corrected chi connectivity index (χ3v) is 4.75. The van der Waals surface area contributed by atoms with Crippen molar-refractivity contribution >= 4 is 11.9 Å². The molecule has 0 aromatic heterocycles. The molecule has 3 amide bonds. The van der Waals surface area contributed by atoms with Gasteiger partial charge in [0.15, 0.2) is 0 Å². The summed E-state index contributed by atoms with van der Waals surface area (Å²) in [7, 11) is 0. The van der Waals surface area contributed by atoms with Crippen LogP contribution in [0.15, 0.2) is 24.3 Å². The highest BCUT2D eigenvalue weighted by Crippen LogP contribution is 2.27. The Kier molecular flexibility index (Phi) is 7.49. The molecular formula is C21H33N3O2. The molecule has 1 heterocycles. The van der Waals surface area contributed by atoms with E-state index in [0.717, 1.165) is 31.4 Å². The van der Waals surface area contributed by atoms with Crippen LogP contribution >= 0.6 is 0 Å². The Morgan fingerprint density at radius 3 is 2.69 bits per heavy atom. The van der Waals surface area contributed by atoms with E-state index in [0.29, 0.717) is 24.6 Å². The van der Waals surface area contributed by atoms with Crippen LogP contribution < -0.4 is 10.6 Å². The van der Waals surface area contributed by atoms with E-state index in [1.165, 1.54) is 0 Å². The van der Waals surface area contributed by atoms with Gasteiger partial charge >= 0.3 is 6.03 Å². The maximum Gasteiger partial charge on any atom is 0.317 e. The van der Waals surface area contributed by atoms with E-state index in [9.17, 15) is 9.59 Å². The molecule has 1 aromatic rings. The summed E-state index contributed by atoms with van der Waals surface area (Å²) in [5, 5.41) is 5.96. The molecule has 0 radical (unpaired) electrons. The number of nitrogens with zero attached hydrogens (tertiary/aromatic N) is 1. The molecule has 0 bridgehead atoms. The number of hydrogen-bond acceptors (Lipinski definition) is 2. The fourth-order valence-corrected chi connectivity index (χ4v) is 3.28. The lowest BCUT2D eigenvalue weighted by atomic mass is 9.89. The molecular weight excluding hydrogens is 326 g/mol. The molecule has 2 rings (SSSR count). The van der Waals surface area contributed by atoms with Crippen LogP contribution in [-0.4, -0.2) is 42.5 Å². The summed E-state index contributed by atoms with van der Waals surface area (Å²) >= 11 is 0. The predicted octanol–water partition coefficient (Wildman–Crippen LogP) is 3.76. The second kappa shape index (κ2) is 9.60. The first kappa shape index (κ1) is 20.3. The molecule has 0 saturated carbocycles. The molecule has 0 spiro atoms. The van der Waals surface area contributed by atoms with Crippen LogP contribution in [0.25, 0.3) is 0 Å². The lowest BCUT2D eigenvalue weighted by Crippen LogP contribution is -2.47. The van der Waals surface area contributed by atoms with E-state index < -0.39 is 0 Å². The normalized spacial score (nSPS) is 17.5. The van der Waals surface area contributed by atoms with Crippen molar-refractivity contribution in [2.24, 2.45) is 5.92 Å². The fourth-order valence-electron chi connectivity index (χ4n) is 3.28. The first-order chi connectivity index (χ1) is 12.4. The number of nitrogens with one attached hydrogen (secondary N) is 2. The van der Waals surface area contributed by atoms with Gasteiger partial charge in [-0.1, -0.05) is 26.0 Å². The number of piperidine rings is 1. The number of rotatable bonds is 6. The molecule has 0 aliphatic carbocycles. The highest BCUT2D eigenvalue weighted by molar-refractivity contribution is 5.94. The monoisotopic (exact) mass is 359 g/mol. The highest BCUT2D eigenvalue weighted by Gasteiger charge is 2.25. The molecule has 1 aromatic carbocycles. The largest absolute Gasteiger partial charge is 0.352 e. The number of amides is 3. The smallest absolute Gasteiger partial charge is 0.317 e. The third kappa shape index (κ3) is 6.04. The van der Waals surface area contributed by atoms with Crippen LogP contribution in [0.4, 0.5) is 4.79 Å². The SMILES string of the molecule is CC(C)CCNC(=O)c1cccc([C@H]2CCCN(C(=O)NC(C)C)C2)c1. The molecule has 5 nitrogen and oxygen atoms in total. The standard InChI is InChI=1S/C21H33N3O2/c1-15(2)10-11-22-20(25)18-8-5-7-17(13-18)19-9-6-12-24(14-19)21(26)23-16(3)4/h5,7-8,13,15-16,19H,6,9-12,14H2,1-4H3,(H,22,25)(H,23,26)/t19-/m0/s1. The summed E-state index contributed by atoms with van der Waals surface area (Å²) in [5.41, 5.74) is 1.85. The van der Waals surface area contributed by atoms with Crippen molar-refractivity contribution in [2.75, 3.05) is 19.6 Å². The molecule has 0 unspecified atom stereocenters. The van der Waals surface area contributed by atoms with E-state index in [4.69, 9.17) is 0 Å². The summed E-state index contributed by atoms with van der Waals surface area (Å²) in [6, 6.07) is 8.01. The zero-order valence-electron chi connectivity index (χ0n) is 16.5. The first-order valence-corrected chi connectivity index (χ1v) is 9.80. The quantitative estimate of drug-likeness (QED) is 0.812. The van der Waals surface area contributed by atoms with Crippen molar-refractivity contribution in [1.82, 2.24) is 15.5 Å². The Morgan fingerprint density at radius 2 is 2.00 bits per heavy atom. The van der Waals surface area contributed by atoms with Gasteiger partial charge in [0.25, 0.3) is 5.91 Å². The molecule has 1 aliphatic heterocycles. The average molecular weight is 360 g/mol. The molecule has 5 heteroatoms. The Bertz CT molecular complexity index is 613. The van der Waals surface area contributed by atoms with E-state index in [2.05, 4.69) is 30.5 Å². The van der Waals surface area contributed by atoms with E-state index in [-0.39, 0.29) is 23.9 Å². The molecule has 2 N–H and O–H groups in total. The average Bonchev–Trinajstić information content (AvgIpc) is 2.61. The maximum absolute atomic E-state index is 12.4. The summed E-state index contributed by atoms with van der Waals surface area (Å²) in [6.07, 6.45) is 3.01. The van der Waals surface area contributed by atoms with Crippen LogP contribution in [0, 0.1) is 5.92 Å². The Morgan fingerprint density at radius 1 is 1.23 bits per heavy atom. The van der Waals surface area contributed by atoms with Crippen molar-refractivity contribution in [2.45, 2.75) is 58.9 Å². The number of hydrogen-bond donors (Lipinski definition) is 2. The highest BCUT2D eigenvalue weighted by atomic mass is 16.2. The van der Waals surface area contributed by atoms with Gasteiger partial charge in [-0.15, -0.1) is 0 Å². The number of urea groups is 1. The maximum atomic E-state index is 12.4. The van der Waals surface area contributed by atoms with Gasteiger partial charge < -0.3 is 15.5 Å². The molecule has 1 aliphatic rings. The second-order valence-corrected chi connectivity index (χ2v) is 7.95. The topological polar surface area (TPSA) is 61.4 Å². The van der Waals surface area contributed by atoms with E-state index in [1.54, 1.807) is 0 Å². The minimum Gasteiger partial charge on any atom is -0.352 e. The summed E-state index contributed by atoms with van der Waals surface area (Å²) < 4.78 is 0. The van der Waals surface area contributed by atoms with Crippen molar-refractivity contribution < 1.29 is 9.59 Å². The number of carbonyl (C=O) groups is 2. The molecule has 1 fully saturated rings. The Hall–Kier alpha value is -2.04. The van der Waals surface area contributed by atoms with Gasteiger partial charge in [-0.3, -0.25) is 4.79 Å². The van der Waals surface area contributed by atoms with Gasteiger partial charge in [0, 0.05) is 37.2 Å². The predicted molar refractivity (Wildman–Crippen MR) is 105 cm³/mol. The van der Waals surface area contributed by atoms with Crippen LogP contribution in [-0.2, 0) is 0 Å². The summed E-state index contributed by atoms with van der Waals surface area (Å²) in [6.45, 7) is 10.4. The Labute approximate surface area is 157 Å². The lowest BCUT2D eigenvalue weighted by molar-refractivity contribution is 0.0951. The van der Waals surface area contributed by atoms with Gasteiger partial charge in [0.2, 0.25) is 0 Å². The molecule has 1 saturated heterocycles. The lowest BCUT2D eigenvalue weighted by Gasteiger charge is -2.33. The van der Waals surface area contributed by atoms with Crippen LogP contribution in [0.3, 0.4) is 0 Å². The van der Waals surface area contributed by atoms with Crippen molar-refractivity contribution in [3.8, 4) is 0 Å². The van der Waals surface area contributed by atoms with E-state index >= 15 is 0 Å². The number of benzene rings is 1.